The molecule has 1 aromatic rings. The Bertz CT molecular complexity index is 648. The van der Waals surface area contributed by atoms with Crippen molar-refractivity contribution in [1.29, 1.82) is 0 Å². The molecule has 0 aliphatic carbocycles. The molecule has 6 nitrogen and oxygen atoms in total. The summed E-state index contributed by atoms with van der Waals surface area (Å²) in [5, 5.41) is 11.8. The van der Waals surface area contributed by atoms with Gasteiger partial charge in [0, 0.05) is 18.8 Å². The lowest BCUT2D eigenvalue weighted by molar-refractivity contribution is -0.274. The Kier molecular flexibility index (Phi) is 5.26. The summed E-state index contributed by atoms with van der Waals surface area (Å²) in [6, 6.07) is 4.25. The summed E-state index contributed by atoms with van der Waals surface area (Å²) in [7, 11) is 0. The van der Waals surface area contributed by atoms with Gasteiger partial charge < -0.3 is 15.2 Å². The van der Waals surface area contributed by atoms with Crippen molar-refractivity contribution < 1.29 is 32.6 Å². The smallest absolute Gasteiger partial charge is 0.481 e. The molecule has 2 unspecified atom stereocenters. The molecule has 1 aliphatic rings. The van der Waals surface area contributed by atoms with Gasteiger partial charge >= 0.3 is 12.3 Å². The topological polar surface area (TPSA) is 78.9 Å². The molecule has 2 rings (SSSR count). The second-order valence-corrected chi connectivity index (χ2v) is 6.32. The summed E-state index contributed by atoms with van der Waals surface area (Å²) in [6.45, 7) is 4.04. The number of carbonyl (C=O) groups is 2. The van der Waals surface area contributed by atoms with Gasteiger partial charge in [0.05, 0.1) is 11.5 Å². The first-order valence-corrected chi connectivity index (χ1v) is 7.64. The standard InChI is InChI=1S/C16H19F3N2O4/c1-10(21-8-7-15(2,9-21)14(23)24)13(22)20-11-3-5-12(6-4-11)25-16(17,18)19/h3-6,10H,7-9H2,1-2H3,(H,20,22)(H,23,24). The second kappa shape index (κ2) is 6.91. The van der Waals surface area contributed by atoms with Gasteiger partial charge in [-0.15, -0.1) is 13.2 Å². The van der Waals surface area contributed by atoms with Crippen LogP contribution in [0, 0.1) is 5.41 Å². The molecule has 25 heavy (non-hydrogen) atoms. The van der Waals surface area contributed by atoms with E-state index in [1.807, 2.05) is 0 Å². The number of benzene rings is 1. The highest BCUT2D eigenvalue weighted by atomic mass is 19.4. The predicted molar refractivity (Wildman–Crippen MR) is 83.1 cm³/mol. The molecule has 2 atom stereocenters. The number of hydrogen-bond acceptors (Lipinski definition) is 4. The third-order valence-electron chi connectivity index (χ3n) is 4.30. The molecule has 1 aliphatic heterocycles. The number of amides is 1. The van der Waals surface area contributed by atoms with Gasteiger partial charge in [-0.1, -0.05) is 0 Å². The number of ether oxygens (including phenoxy) is 1. The highest BCUT2D eigenvalue weighted by Gasteiger charge is 2.42. The highest BCUT2D eigenvalue weighted by Crippen LogP contribution is 2.31. The molecule has 138 valence electrons. The molecule has 0 bridgehead atoms. The van der Waals surface area contributed by atoms with E-state index in [-0.39, 0.29) is 18.2 Å². The van der Waals surface area contributed by atoms with Gasteiger partial charge in [-0.2, -0.15) is 0 Å². The van der Waals surface area contributed by atoms with Crippen molar-refractivity contribution >= 4 is 17.6 Å². The van der Waals surface area contributed by atoms with Crippen LogP contribution in [0.1, 0.15) is 20.3 Å². The number of nitrogens with zero attached hydrogens (tertiary/aromatic N) is 1. The SMILES string of the molecule is CC(C(=O)Nc1ccc(OC(F)(F)F)cc1)N1CCC(C)(C(=O)O)C1. The fraction of sp³-hybridized carbons (Fsp3) is 0.500. The average molecular weight is 360 g/mol. The van der Waals surface area contributed by atoms with E-state index in [1.54, 1.807) is 18.7 Å². The van der Waals surface area contributed by atoms with Crippen molar-refractivity contribution in [1.82, 2.24) is 4.90 Å². The first-order chi connectivity index (χ1) is 11.5. The van der Waals surface area contributed by atoms with Crippen LogP contribution in [-0.4, -0.2) is 47.4 Å². The number of likely N-dealkylation sites (tertiary alicyclic amines) is 1. The zero-order valence-corrected chi connectivity index (χ0v) is 13.8. The fourth-order valence-corrected chi connectivity index (χ4v) is 2.65. The van der Waals surface area contributed by atoms with E-state index < -0.39 is 23.8 Å². The summed E-state index contributed by atoms with van der Waals surface area (Å²) >= 11 is 0. The van der Waals surface area contributed by atoms with Gasteiger partial charge in [0.2, 0.25) is 5.91 Å². The third kappa shape index (κ3) is 4.85. The van der Waals surface area contributed by atoms with Crippen molar-refractivity contribution in [3.63, 3.8) is 0 Å². The van der Waals surface area contributed by atoms with E-state index in [1.165, 1.54) is 12.1 Å². The lowest BCUT2D eigenvalue weighted by Gasteiger charge is -2.25. The molecule has 0 saturated carbocycles. The summed E-state index contributed by atoms with van der Waals surface area (Å²) in [5.74, 6) is -1.64. The molecular weight excluding hydrogens is 341 g/mol. The van der Waals surface area contributed by atoms with Crippen molar-refractivity contribution in [2.45, 2.75) is 32.7 Å². The lowest BCUT2D eigenvalue weighted by atomic mass is 9.90. The zero-order chi connectivity index (χ0) is 18.8. The van der Waals surface area contributed by atoms with Gasteiger partial charge in [0.25, 0.3) is 0 Å². The fourth-order valence-electron chi connectivity index (χ4n) is 2.65. The number of alkyl halides is 3. The maximum Gasteiger partial charge on any atom is 0.573 e. The maximum absolute atomic E-state index is 12.3. The van der Waals surface area contributed by atoms with Crippen LogP contribution in [0.25, 0.3) is 0 Å². The van der Waals surface area contributed by atoms with Crippen LogP contribution in [0.15, 0.2) is 24.3 Å². The first kappa shape index (κ1) is 19.0. The number of carboxylic acid groups (broad SMARTS) is 1. The average Bonchev–Trinajstić information content (AvgIpc) is 2.91. The van der Waals surface area contributed by atoms with Crippen LogP contribution >= 0.6 is 0 Å². The first-order valence-electron chi connectivity index (χ1n) is 7.64. The van der Waals surface area contributed by atoms with Crippen LogP contribution in [0.3, 0.4) is 0 Å². The van der Waals surface area contributed by atoms with Crippen molar-refractivity contribution in [3.05, 3.63) is 24.3 Å². The zero-order valence-electron chi connectivity index (χ0n) is 13.8. The van der Waals surface area contributed by atoms with Crippen LogP contribution in [0.5, 0.6) is 5.75 Å². The van der Waals surface area contributed by atoms with Crippen LogP contribution in [0.4, 0.5) is 18.9 Å². The van der Waals surface area contributed by atoms with Gasteiger partial charge in [-0.05, 0) is 44.5 Å². The molecule has 0 radical (unpaired) electrons. The highest BCUT2D eigenvalue weighted by molar-refractivity contribution is 5.94. The van der Waals surface area contributed by atoms with E-state index in [9.17, 15) is 27.9 Å². The summed E-state index contributed by atoms with van der Waals surface area (Å²) in [6.07, 6.45) is -4.32. The Morgan fingerprint density at radius 2 is 1.92 bits per heavy atom. The molecule has 1 fully saturated rings. The van der Waals surface area contributed by atoms with Crippen LogP contribution in [0.2, 0.25) is 0 Å². The maximum atomic E-state index is 12.3. The Morgan fingerprint density at radius 1 is 1.32 bits per heavy atom. The minimum absolute atomic E-state index is 0.259. The molecule has 0 spiro atoms. The number of carboxylic acids is 1. The quantitative estimate of drug-likeness (QED) is 0.844. The van der Waals surface area contributed by atoms with Gasteiger partial charge in [-0.3, -0.25) is 14.5 Å². The Hall–Kier alpha value is -2.29. The number of carbonyl (C=O) groups excluding carboxylic acids is 1. The van der Waals surface area contributed by atoms with E-state index in [0.717, 1.165) is 12.1 Å². The number of rotatable bonds is 5. The van der Waals surface area contributed by atoms with Crippen molar-refractivity contribution in [2.75, 3.05) is 18.4 Å². The Morgan fingerprint density at radius 3 is 2.40 bits per heavy atom. The number of nitrogens with one attached hydrogen (secondary N) is 1. The molecule has 1 amide bonds. The van der Waals surface area contributed by atoms with E-state index in [2.05, 4.69) is 10.1 Å². The molecule has 1 saturated heterocycles. The number of aliphatic carboxylic acids is 1. The lowest BCUT2D eigenvalue weighted by Crippen LogP contribution is -2.42. The minimum Gasteiger partial charge on any atom is -0.481 e. The van der Waals surface area contributed by atoms with Gasteiger partial charge in [0.1, 0.15) is 5.75 Å². The molecule has 2 N–H and O–H groups in total. The second-order valence-electron chi connectivity index (χ2n) is 6.32. The van der Waals surface area contributed by atoms with Crippen molar-refractivity contribution in [3.8, 4) is 5.75 Å². The van der Waals surface area contributed by atoms with Crippen LogP contribution < -0.4 is 10.1 Å². The minimum atomic E-state index is -4.77. The van der Waals surface area contributed by atoms with Crippen LogP contribution in [-0.2, 0) is 9.59 Å². The Balaban J connectivity index is 1.94. The molecular formula is C16H19F3N2O4. The predicted octanol–water partition coefficient (Wildman–Crippen LogP) is 2.71. The molecule has 0 aromatic heterocycles. The molecule has 1 aromatic carbocycles. The number of halogens is 3. The largest absolute Gasteiger partial charge is 0.573 e. The normalized spacial score (nSPS) is 22.4. The molecule has 9 heteroatoms. The van der Waals surface area contributed by atoms with Crippen molar-refractivity contribution in [2.24, 2.45) is 5.41 Å². The van der Waals surface area contributed by atoms with E-state index in [4.69, 9.17) is 0 Å². The monoisotopic (exact) mass is 360 g/mol. The summed E-state index contributed by atoms with van der Waals surface area (Å²) in [5.41, 5.74) is -0.558. The number of hydrogen-bond donors (Lipinski definition) is 2. The third-order valence-corrected chi connectivity index (χ3v) is 4.30. The summed E-state index contributed by atoms with van der Waals surface area (Å²) < 4.78 is 40.1. The van der Waals surface area contributed by atoms with Gasteiger partial charge in [0.15, 0.2) is 0 Å². The summed E-state index contributed by atoms with van der Waals surface area (Å²) in [4.78, 5) is 25.3. The van der Waals surface area contributed by atoms with E-state index in [0.29, 0.717) is 18.7 Å². The number of anilines is 1. The van der Waals surface area contributed by atoms with Gasteiger partial charge in [-0.25, -0.2) is 0 Å². The molecule has 1 heterocycles. The Labute approximate surface area is 142 Å². The van der Waals surface area contributed by atoms with E-state index >= 15 is 0 Å².